The third-order valence-electron chi connectivity index (χ3n) is 2.48. The van der Waals surface area contributed by atoms with Crippen molar-refractivity contribution in [3.8, 4) is 0 Å². The number of likely N-dealkylation sites (N-methyl/N-ethyl adjacent to an activating group) is 1. The lowest BCUT2D eigenvalue weighted by Gasteiger charge is -2.19. The van der Waals surface area contributed by atoms with Gasteiger partial charge in [0.2, 0.25) is 5.91 Å². The molecule has 0 N–H and O–H groups in total. The van der Waals surface area contributed by atoms with Gasteiger partial charge in [0.15, 0.2) is 0 Å². The predicted molar refractivity (Wildman–Crippen MR) is 66.1 cm³/mol. The van der Waals surface area contributed by atoms with E-state index < -0.39 is 11.6 Å². The molecule has 1 rings (SSSR count). The van der Waals surface area contributed by atoms with Crippen LogP contribution in [-0.4, -0.2) is 29.2 Å². The molecule has 0 saturated heterocycles. The highest BCUT2D eigenvalue weighted by molar-refractivity contribution is 9.09. The zero-order chi connectivity index (χ0) is 12.8. The topological polar surface area (TPSA) is 20.3 Å². The zero-order valence-corrected chi connectivity index (χ0v) is 11.1. The molecule has 1 aromatic rings. The van der Waals surface area contributed by atoms with Crippen LogP contribution in [-0.2, 0) is 11.2 Å². The van der Waals surface area contributed by atoms with E-state index >= 15 is 0 Å². The summed E-state index contributed by atoms with van der Waals surface area (Å²) in [6.07, 6.45) is -0.237. The summed E-state index contributed by atoms with van der Waals surface area (Å²) >= 11 is 3.23. The second-order valence-electron chi connectivity index (χ2n) is 3.54. The molecule has 0 atom stereocenters. The molecule has 0 fully saturated rings. The van der Waals surface area contributed by atoms with Crippen molar-refractivity contribution < 1.29 is 13.6 Å². The third-order valence-corrected chi connectivity index (χ3v) is 2.83. The van der Waals surface area contributed by atoms with Crippen LogP contribution in [0.3, 0.4) is 0 Å². The average molecular weight is 306 g/mol. The maximum Gasteiger partial charge on any atom is 0.227 e. The minimum absolute atomic E-state index is 0.162. The molecule has 0 spiro atoms. The molecule has 0 bridgehead atoms. The van der Waals surface area contributed by atoms with E-state index in [0.29, 0.717) is 18.4 Å². The second-order valence-corrected chi connectivity index (χ2v) is 4.33. The molecule has 0 aromatic heterocycles. The molecule has 17 heavy (non-hydrogen) atoms. The molecule has 1 amide bonds. The summed E-state index contributed by atoms with van der Waals surface area (Å²) in [7, 11) is 0. The van der Waals surface area contributed by atoms with Crippen LogP contribution < -0.4 is 0 Å². The van der Waals surface area contributed by atoms with Crippen LogP contribution in [0, 0.1) is 11.6 Å². The van der Waals surface area contributed by atoms with Gasteiger partial charge >= 0.3 is 0 Å². The van der Waals surface area contributed by atoms with Crippen molar-refractivity contribution in [3.63, 3.8) is 0 Å². The summed E-state index contributed by atoms with van der Waals surface area (Å²) in [6.45, 7) is 2.89. The Bertz CT molecular complexity index is 378. The number of carbonyl (C=O) groups is 1. The van der Waals surface area contributed by atoms with E-state index in [4.69, 9.17) is 0 Å². The molecule has 0 aliphatic carbocycles. The largest absolute Gasteiger partial charge is 0.342 e. The number of carbonyl (C=O) groups excluding carboxylic acids is 1. The Balaban J connectivity index is 2.80. The molecular formula is C12H14BrF2NO. The van der Waals surface area contributed by atoms with Crippen LogP contribution in [0.25, 0.3) is 0 Å². The van der Waals surface area contributed by atoms with Crippen molar-refractivity contribution in [2.24, 2.45) is 0 Å². The monoisotopic (exact) mass is 305 g/mol. The van der Waals surface area contributed by atoms with Gasteiger partial charge in [0.25, 0.3) is 0 Å². The lowest BCUT2D eigenvalue weighted by atomic mass is 10.1. The van der Waals surface area contributed by atoms with Crippen molar-refractivity contribution in [1.82, 2.24) is 4.90 Å². The SMILES string of the molecule is CCN(CCBr)C(=O)Cc1c(F)cccc1F. The number of alkyl halides is 1. The first-order valence-corrected chi connectivity index (χ1v) is 6.49. The van der Waals surface area contributed by atoms with Crippen molar-refractivity contribution >= 4 is 21.8 Å². The van der Waals surface area contributed by atoms with E-state index in [1.807, 2.05) is 6.92 Å². The van der Waals surface area contributed by atoms with Gasteiger partial charge in [0.05, 0.1) is 6.42 Å². The van der Waals surface area contributed by atoms with Gasteiger partial charge in [-0.15, -0.1) is 0 Å². The molecule has 2 nitrogen and oxygen atoms in total. The van der Waals surface area contributed by atoms with Crippen molar-refractivity contribution in [2.75, 3.05) is 18.4 Å². The Kier molecular flexibility index (Phi) is 5.55. The molecule has 5 heteroatoms. The highest BCUT2D eigenvalue weighted by atomic mass is 79.9. The standard InChI is InChI=1S/C12H14BrF2NO/c1-2-16(7-6-13)12(17)8-9-10(14)4-3-5-11(9)15/h3-5H,2,6-8H2,1H3. The summed E-state index contributed by atoms with van der Waals surface area (Å²) in [5.74, 6) is -1.61. The number of amides is 1. The molecule has 0 saturated carbocycles. The first-order valence-electron chi connectivity index (χ1n) is 5.36. The summed E-state index contributed by atoms with van der Waals surface area (Å²) in [5.41, 5.74) is -0.162. The van der Waals surface area contributed by atoms with Gasteiger partial charge in [0.1, 0.15) is 11.6 Å². The number of hydrogen-bond acceptors (Lipinski definition) is 1. The number of benzene rings is 1. The van der Waals surface area contributed by atoms with E-state index in [2.05, 4.69) is 15.9 Å². The fourth-order valence-electron chi connectivity index (χ4n) is 1.53. The number of nitrogens with zero attached hydrogens (tertiary/aromatic N) is 1. The Morgan fingerprint density at radius 1 is 1.35 bits per heavy atom. The molecule has 0 aliphatic rings. The van der Waals surface area contributed by atoms with Crippen molar-refractivity contribution in [2.45, 2.75) is 13.3 Å². The van der Waals surface area contributed by atoms with Gasteiger partial charge in [-0.3, -0.25) is 4.79 Å². The number of hydrogen-bond donors (Lipinski definition) is 0. The lowest BCUT2D eigenvalue weighted by Crippen LogP contribution is -2.34. The van der Waals surface area contributed by atoms with Crippen molar-refractivity contribution in [3.05, 3.63) is 35.4 Å². The number of halogens is 3. The van der Waals surface area contributed by atoms with Crippen LogP contribution in [0.4, 0.5) is 8.78 Å². The van der Waals surface area contributed by atoms with E-state index in [0.717, 1.165) is 12.1 Å². The van der Waals surface area contributed by atoms with Gasteiger partial charge in [-0.1, -0.05) is 22.0 Å². The quantitative estimate of drug-likeness (QED) is 0.766. The van der Waals surface area contributed by atoms with Gasteiger partial charge in [0, 0.05) is 24.0 Å². The minimum Gasteiger partial charge on any atom is -0.342 e. The van der Waals surface area contributed by atoms with Crippen molar-refractivity contribution in [1.29, 1.82) is 0 Å². The maximum atomic E-state index is 13.3. The summed E-state index contributed by atoms with van der Waals surface area (Å²) in [4.78, 5) is 13.4. The van der Waals surface area contributed by atoms with E-state index in [1.54, 1.807) is 4.90 Å². The smallest absolute Gasteiger partial charge is 0.227 e. The second kappa shape index (κ2) is 6.69. The van der Waals surface area contributed by atoms with Crippen LogP contribution in [0.2, 0.25) is 0 Å². The zero-order valence-electron chi connectivity index (χ0n) is 9.55. The van der Waals surface area contributed by atoms with Crippen LogP contribution in [0.5, 0.6) is 0 Å². The highest BCUT2D eigenvalue weighted by Crippen LogP contribution is 2.13. The molecule has 0 aliphatic heterocycles. The molecule has 94 valence electrons. The molecule has 1 aromatic carbocycles. The molecule has 0 radical (unpaired) electrons. The normalized spacial score (nSPS) is 10.4. The molecular weight excluding hydrogens is 292 g/mol. The van der Waals surface area contributed by atoms with E-state index in [1.165, 1.54) is 6.07 Å². The van der Waals surface area contributed by atoms with Gasteiger partial charge in [-0.25, -0.2) is 8.78 Å². The summed E-state index contributed by atoms with van der Waals surface area (Å²) < 4.78 is 26.7. The Hall–Kier alpha value is -0.970. The molecule has 0 unspecified atom stereocenters. The van der Waals surface area contributed by atoms with Crippen LogP contribution in [0.1, 0.15) is 12.5 Å². The Labute approximate surface area is 108 Å². The van der Waals surface area contributed by atoms with Gasteiger partial charge in [-0.05, 0) is 19.1 Å². The predicted octanol–water partition coefficient (Wildman–Crippen LogP) is 2.75. The Morgan fingerprint density at radius 2 is 1.94 bits per heavy atom. The molecule has 0 heterocycles. The first-order chi connectivity index (χ1) is 8.10. The van der Waals surface area contributed by atoms with Crippen LogP contribution >= 0.6 is 15.9 Å². The third kappa shape index (κ3) is 3.77. The lowest BCUT2D eigenvalue weighted by molar-refractivity contribution is -0.130. The van der Waals surface area contributed by atoms with Gasteiger partial charge < -0.3 is 4.90 Å². The van der Waals surface area contributed by atoms with Gasteiger partial charge in [-0.2, -0.15) is 0 Å². The van der Waals surface area contributed by atoms with E-state index in [-0.39, 0.29) is 17.9 Å². The summed E-state index contributed by atoms with van der Waals surface area (Å²) in [6, 6.07) is 3.60. The van der Waals surface area contributed by atoms with E-state index in [9.17, 15) is 13.6 Å². The fraction of sp³-hybridized carbons (Fsp3) is 0.417. The first kappa shape index (κ1) is 14.1. The average Bonchev–Trinajstić information content (AvgIpc) is 2.30. The highest BCUT2D eigenvalue weighted by Gasteiger charge is 2.16. The maximum absolute atomic E-state index is 13.3. The number of rotatable bonds is 5. The minimum atomic E-state index is -0.673. The Morgan fingerprint density at radius 3 is 2.41 bits per heavy atom. The van der Waals surface area contributed by atoms with Crippen LogP contribution in [0.15, 0.2) is 18.2 Å². The summed E-state index contributed by atoms with van der Waals surface area (Å²) in [5, 5.41) is 0.645. The fourth-order valence-corrected chi connectivity index (χ4v) is 1.95.